The maximum absolute atomic E-state index is 14.8. The lowest BCUT2D eigenvalue weighted by Crippen LogP contribution is -2.44. The third kappa shape index (κ3) is 5.54. The van der Waals surface area contributed by atoms with Gasteiger partial charge in [-0.3, -0.25) is 9.11 Å². The molecule has 1 saturated heterocycles. The average Bonchev–Trinajstić information content (AvgIpc) is 3.89. The summed E-state index contributed by atoms with van der Waals surface area (Å²) in [5, 5.41) is 15.3. The molecule has 1 aliphatic heterocycles. The number of anilines is 2. The summed E-state index contributed by atoms with van der Waals surface area (Å²) in [6.45, 7) is 3.75. The molecule has 2 heterocycles. The number of hydrogen-bond donors (Lipinski definition) is 5. The summed E-state index contributed by atoms with van der Waals surface area (Å²) in [5.74, 6) is -0.920. The zero-order valence-electron chi connectivity index (χ0n) is 23.0. The summed E-state index contributed by atoms with van der Waals surface area (Å²) in [5.41, 5.74) is 0.710. The number of aromatic nitrogens is 2. The smallest absolute Gasteiger partial charge is 0.319 e. The van der Waals surface area contributed by atoms with Crippen LogP contribution >= 0.6 is 10.6 Å². The van der Waals surface area contributed by atoms with Crippen molar-refractivity contribution in [3.05, 3.63) is 65.9 Å². The molecule has 42 heavy (non-hydrogen) atoms. The lowest BCUT2D eigenvalue weighted by atomic mass is 10.1. The number of nitrogens with one attached hydrogen (secondary N) is 2. The molecule has 224 valence electrons. The average molecular weight is 602 g/mol. The van der Waals surface area contributed by atoms with Crippen LogP contribution in [0.1, 0.15) is 38.3 Å². The fourth-order valence-electron chi connectivity index (χ4n) is 5.17. The number of carbonyl (C=O) groups excluding carboxylic acids is 1. The number of carbonyl (C=O) groups is 1. The fraction of sp³-hybridized carbons (Fsp3) is 0.414. The minimum Gasteiger partial charge on any atom is -0.388 e. The predicted molar refractivity (Wildman–Crippen MR) is 155 cm³/mol. The number of aliphatic hydroxyl groups is 1. The van der Waals surface area contributed by atoms with Crippen molar-refractivity contribution >= 4 is 28.1 Å². The molecule has 6 rings (SSSR count). The lowest BCUT2D eigenvalue weighted by Gasteiger charge is -2.41. The normalized spacial score (nSPS) is 21.0. The van der Waals surface area contributed by atoms with Crippen molar-refractivity contribution in [3.63, 3.8) is 0 Å². The van der Waals surface area contributed by atoms with E-state index in [0.29, 0.717) is 80.1 Å². The molecule has 3 aliphatic rings. The number of nitrogens with zero attached hydrogens (tertiary/aromatic N) is 3. The zero-order valence-corrected chi connectivity index (χ0v) is 23.8. The third-order valence-corrected chi connectivity index (χ3v) is 10.7. The molecule has 1 aromatic heterocycles. The van der Waals surface area contributed by atoms with Gasteiger partial charge in [-0.2, -0.15) is 10.6 Å². The molecule has 10 nitrogen and oxygen atoms in total. The second kappa shape index (κ2) is 10.7. The van der Waals surface area contributed by atoms with E-state index in [2.05, 4.69) is 15.5 Å². The van der Waals surface area contributed by atoms with Crippen molar-refractivity contribution < 1.29 is 32.5 Å². The number of urea groups is 1. The van der Waals surface area contributed by atoms with Gasteiger partial charge in [0.1, 0.15) is 22.2 Å². The highest BCUT2D eigenvalue weighted by Crippen LogP contribution is 2.75. The van der Waals surface area contributed by atoms with Crippen molar-refractivity contribution in [2.45, 2.75) is 53.9 Å². The van der Waals surface area contributed by atoms with E-state index in [1.165, 1.54) is 0 Å². The van der Waals surface area contributed by atoms with E-state index in [-0.39, 0.29) is 17.5 Å². The molecule has 0 radical (unpaired) electrons. The largest absolute Gasteiger partial charge is 0.388 e. The highest BCUT2D eigenvalue weighted by atomic mass is 32.3. The van der Waals surface area contributed by atoms with Crippen LogP contribution in [-0.4, -0.2) is 68.2 Å². The zero-order chi connectivity index (χ0) is 29.7. The Kier molecular flexibility index (Phi) is 7.34. The van der Waals surface area contributed by atoms with Crippen LogP contribution in [0.4, 0.5) is 25.1 Å². The number of amides is 2. The third-order valence-electron chi connectivity index (χ3n) is 8.10. The van der Waals surface area contributed by atoms with Gasteiger partial charge in [-0.25, -0.2) is 23.5 Å². The maximum Gasteiger partial charge on any atom is 0.319 e. The van der Waals surface area contributed by atoms with Crippen LogP contribution in [0.5, 0.6) is 0 Å². The van der Waals surface area contributed by atoms with Crippen LogP contribution in [0.25, 0.3) is 11.4 Å². The van der Waals surface area contributed by atoms with Crippen LogP contribution in [0.15, 0.2) is 53.4 Å². The molecule has 5 N–H and O–H groups in total. The van der Waals surface area contributed by atoms with Crippen molar-refractivity contribution in [1.82, 2.24) is 15.3 Å². The van der Waals surface area contributed by atoms with E-state index < -0.39 is 38.6 Å². The number of halogens is 2. The van der Waals surface area contributed by atoms with Gasteiger partial charge in [-0.05, 0) is 69.0 Å². The van der Waals surface area contributed by atoms with Gasteiger partial charge < -0.3 is 25.4 Å². The minimum absolute atomic E-state index is 0.00168. The molecule has 1 atom stereocenters. The van der Waals surface area contributed by atoms with E-state index >= 15 is 0 Å². The monoisotopic (exact) mass is 601 g/mol. The molecule has 3 fully saturated rings. The summed E-state index contributed by atoms with van der Waals surface area (Å²) in [7, 11) is -3.77. The molecule has 13 heteroatoms. The van der Waals surface area contributed by atoms with Crippen molar-refractivity contribution in [1.29, 1.82) is 0 Å². The predicted octanol–water partition coefficient (Wildman–Crippen LogP) is 5.09. The summed E-state index contributed by atoms with van der Waals surface area (Å²) in [6.07, 6.45) is 2.05. The molecule has 0 spiro atoms. The Morgan fingerprint density at radius 3 is 2.48 bits per heavy atom. The number of morpholine rings is 1. The number of benzene rings is 2. The van der Waals surface area contributed by atoms with E-state index in [4.69, 9.17) is 14.7 Å². The quantitative estimate of drug-likeness (QED) is 0.241. The minimum atomic E-state index is -3.77. The van der Waals surface area contributed by atoms with Crippen LogP contribution in [0.2, 0.25) is 0 Å². The van der Waals surface area contributed by atoms with E-state index in [1.807, 2.05) is 6.92 Å². The molecule has 0 bridgehead atoms. The molecular weight excluding hydrogens is 568 g/mol. The first-order valence-corrected chi connectivity index (χ1v) is 15.4. The Balaban J connectivity index is 1.33. The molecule has 2 aliphatic carbocycles. The second-order valence-electron chi connectivity index (χ2n) is 11.3. The highest BCUT2D eigenvalue weighted by Gasteiger charge is 2.58. The van der Waals surface area contributed by atoms with Crippen LogP contribution in [-0.2, 0) is 9.48 Å². The first-order valence-electron chi connectivity index (χ1n) is 13.8. The Hall–Kier alpha value is -3.36. The molecule has 0 unspecified atom stereocenters. The second-order valence-corrected chi connectivity index (χ2v) is 13.6. The number of hydrogen-bond acceptors (Lipinski definition) is 8. The van der Waals surface area contributed by atoms with Crippen molar-refractivity contribution in [2.24, 2.45) is 0 Å². The van der Waals surface area contributed by atoms with Gasteiger partial charge in [0, 0.05) is 36.5 Å². The van der Waals surface area contributed by atoms with Gasteiger partial charge in [0.2, 0.25) is 0 Å². The van der Waals surface area contributed by atoms with Crippen LogP contribution < -0.4 is 15.5 Å². The fourth-order valence-corrected chi connectivity index (χ4v) is 7.25. The van der Waals surface area contributed by atoms with Crippen molar-refractivity contribution in [3.8, 4) is 11.4 Å². The highest BCUT2D eigenvalue weighted by molar-refractivity contribution is 8.25. The summed E-state index contributed by atoms with van der Waals surface area (Å²) < 4.78 is 55.7. The van der Waals surface area contributed by atoms with Gasteiger partial charge in [-0.15, -0.1) is 0 Å². The Labute approximate surface area is 243 Å². The van der Waals surface area contributed by atoms with Gasteiger partial charge in [0.05, 0.1) is 35.4 Å². The summed E-state index contributed by atoms with van der Waals surface area (Å²) in [4.78, 5) is 23.5. The van der Waals surface area contributed by atoms with Gasteiger partial charge in [0.25, 0.3) is 0 Å². The Morgan fingerprint density at radius 1 is 1.10 bits per heavy atom. The van der Waals surface area contributed by atoms with E-state index in [9.17, 15) is 27.8 Å². The standard InChI is InChI=1S/C29H33F2N5O5S/c1-18-16-41-13-12-36(18)25-15-24(29(10-11-29)42(39,40)23-7-4-20(30)14-22(23)31)34-26(35-25)19-2-5-21(6-3-19)33-27(37)32-17-28(38)8-9-28/h2-7,14-15,18,38-40H,8-13,16-17H2,1H3,(H2,32,33,37)/t18-/m0/s1. The Bertz CT molecular complexity index is 1500. The van der Waals surface area contributed by atoms with Gasteiger partial charge in [-0.1, -0.05) is 0 Å². The number of ether oxygens (including phenoxy) is 1. The SMILES string of the molecule is C[C@H]1COCCN1c1cc(C2(S(O)(O)c3ccc(F)cc3F)CC2)nc(-c2ccc(NC(=O)NCC3(O)CC3)cc2)n1. The molecule has 2 amide bonds. The maximum atomic E-state index is 14.8. The van der Waals surface area contributed by atoms with E-state index in [1.54, 1.807) is 30.3 Å². The van der Waals surface area contributed by atoms with Gasteiger partial charge in [0.15, 0.2) is 5.82 Å². The number of rotatable bonds is 8. The molecular formula is C29H33F2N5O5S. The molecule has 2 aromatic carbocycles. The van der Waals surface area contributed by atoms with Gasteiger partial charge >= 0.3 is 6.03 Å². The lowest BCUT2D eigenvalue weighted by molar-refractivity contribution is 0.0985. The summed E-state index contributed by atoms with van der Waals surface area (Å²) >= 11 is 0. The first-order chi connectivity index (χ1) is 20.0. The van der Waals surface area contributed by atoms with Crippen LogP contribution in [0.3, 0.4) is 0 Å². The molecule has 2 saturated carbocycles. The van der Waals surface area contributed by atoms with E-state index in [0.717, 1.165) is 12.1 Å². The summed E-state index contributed by atoms with van der Waals surface area (Å²) in [6, 6.07) is 10.9. The first kappa shape index (κ1) is 28.7. The Morgan fingerprint density at radius 2 is 1.83 bits per heavy atom. The molecule has 3 aromatic rings. The van der Waals surface area contributed by atoms with Crippen molar-refractivity contribution in [2.75, 3.05) is 36.5 Å². The van der Waals surface area contributed by atoms with Crippen LogP contribution in [0, 0.1) is 11.6 Å². The topological polar surface area (TPSA) is 140 Å².